The number of halogens is 5. The van der Waals surface area contributed by atoms with Gasteiger partial charge in [0.1, 0.15) is 0 Å². The first-order chi connectivity index (χ1) is 5.91. The Kier molecular flexibility index (Phi) is 8.35. The Hall–Kier alpha value is -1.12. The summed E-state index contributed by atoms with van der Waals surface area (Å²) in [6.45, 7) is 0. The lowest BCUT2D eigenvalue weighted by molar-refractivity contribution is -0.308. The van der Waals surface area contributed by atoms with E-state index in [1.54, 1.807) is 0 Å². The molecule has 13 heavy (non-hydrogen) atoms. The SMILES string of the molecule is FOB(OF)OC(F)(F)F.N#CO. The van der Waals surface area contributed by atoms with Crippen molar-refractivity contribution in [1.82, 2.24) is 0 Å². The lowest BCUT2D eigenvalue weighted by atomic mass is 10.3. The first kappa shape index (κ1) is 14.4. The maximum atomic E-state index is 11.0. The summed E-state index contributed by atoms with van der Waals surface area (Å²) >= 11 is 0. The molecule has 0 bridgehead atoms. The van der Waals surface area contributed by atoms with E-state index in [2.05, 4.69) is 14.4 Å². The van der Waals surface area contributed by atoms with Crippen molar-refractivity contribution in [2.45, 2.75) is 6.36 Å². The fourth-order valence-electron chi connectivity index (χ4n) is 0.159. The van der Waals surface area contributed by atoms with Crippen LogP contribution in [0.2, 0.25) is 0 Å². The molecule has 0 amide bonds. The standard InChI is InChI=1S/CBF5O3.CHNO/c3-1(4,5)8-2(9-6)10-7;2-1-3/h;3H. The second-order valence-electron chi connectivity index (χ2n) is 1.13. The van der Waals surface area contributed by atoms with Gasteiger partial charge in [0.2, 0.25) is 0 Å². The van der Waals surface area contributed by atoms with E-state index in [0.717, 1.165) is 6.26 Å². The molecule has 0 heterocycles. The molecule has 0 radical (unpaired) electrons. The molecule has 0 unspecified atom stereocenters. The van der Waals surface area contributed by atoms with Crippen molar-refractivity contribution in [2.24, 2.45) is 0 Å². The zero-order valence-corrected chi connectivity index (χ0v) is 5.59. The number of aliphatic hydroxyl groups is 1. The van der Waals surface area contributed by atoms with E-state index in [4.69, 9.17) is 10.4 Å². The zero-order chi connectivity index (χ0) is 10.9. The fourth-order valence-corrected chi connectivity index (χ4v) is 0.159. The van der Waals surface area contributed by atoms with Crippen LogP contribution >= 0.6 is 0 Å². The van der Waals surface area contributed by atoms with E-state index in [-0.39, 0.29) is 0 Å². The quantitative estimate of drug-likeness (QED) is 0.428. The summed E-state index contributed by atoms with van der Waals surface area (Å²) in [5.74, 6) is 0. The van der Waals surface area contributed by atoms with Gasteiger partial charge < -0.3 is 5.11 Å². The van der Waals surface area contributed by atoms with Gasteiger partial charge >= 0.3 is 13.7 Å². The van der Waals surface area contributed by atoms with Gasteiger partial charge in [0.05, 0.1) is 0 Å². The summed E-state index contributed by atoms with van der Waals surface area (Å²) in [6, 6.07) is 0. The first-order valence-corrected chi connectivity index (χ1v) is 2.23. The van der Waals surface area contributed by atoms with Crippen LogP contribution in [-0.2, 0) is 14.4 Å². The molecule has 0 spiro atoms. The van der Waals surface area contributed by atoms with Crippen molar-refractivity contribution in [2.75, 3.05) is 0 Å². The molecule has 0 aromatic rings. The number of nitriles is 1. The van der Waals surface area contributed by atoms with Gasteiger partial charge in [0.25, 0.3) is 6.26 Å². The number of hydrogen-bond donors (Lipinski definition) is 1. The van der Waals surface area contributed by atoms with Crippen LogP contribution in [0.3, 0.4) is 0 Å². The van der Waals surface area contributed by atoms with Crippen LogP contribution in [0.5, 0.6) is 0 Å². The molecular weight excluding hydrogens is 208 g/mol. The van der Waals surface area contributed by atoms with Crippen LogP contribution < -0.4 is 0 Å². The maximum absolute atomic E-state index is 11.0. The molecule has 0 atom stereocenters. The lowest BCUT2D eigenvalue weighted by Gasteiger charge is -2.06. The summed E-state index contributed by atoms with van der Waals surface area (Å²) in [6.07, 6.45) is -4.46. The van der Waals surface area contributed by atoms with Crippen molar-refractivity contribution in [3.63, 3.8) is 0 Å². The van der Waals surface area contributed by atoms with Crippen molar-refractivity contribution in [3.8, 4) is 6.26 Å². The summed E-state index contributed by atoms with van der Waals surface area (Å²) in [5.41, 5.74) is 0. The molecule has 0 aliphatic carbocycles. The van der Waals surface area contributed by atoms with E-state index >= 15 is 0 Å². The molecule has 0 aliphatic heterocycles. The molecule has 0 aromatic carbocycles. The van der Waals surface area contributed by atoms with Gasteiger partial charge in [-0.2, -0.15) is 15.0 Å². The molecule has 1 N–H and O–H groups in total. The average Bonchev–Trinajstić information content (AvgIpc) is 2.00. The summed E-state index contributed by atoms with van der Waals surface area (Å²) in [5, 5.41) is 13.8. The van der Waals surface area contributed by atoms with Crippen molar-refractivity contribution >= 4 is 7.32 Å². The molecule has 0 saturated carbocycles. The van der Waals surface area contributed by atoms with Gasteiger partial charge in [-0.15, -0.1) is 13.2 Å². The van der Waals surface area contributed by atoms with E-state index in [1.807, 2.05) is 0 Å². The molecule has 0 aromatic heterocycles. The Morgan fingerprint density at radius 1 is 1.23 bits per heavy atom. The number of nitrogens with zero attached hydrogens (tertiary/aromatic N) is 1. The molecular formula is C2HBF5NO4. The summed E-state index contributed by atoms with van der Waals surface area (Å²) < 4.78 is 56.8. The van der Waals surface area contributed by atoms with Crippen LogP contribution in [0.15, 0.2) is 0 Å². The van der Waals surface area contributed by atoms with Crippen molar-refractivity contribution in [1.29, 1.82) is 5.26 Å². The zero-order valence-electron chi connectivity index (χ0n) is 5.59. The number of rotatable bonds is 3. The van der Waals surface area contributed by atoms with E-state index in [0.29, 0.717) is 0 Å². The minimum atomic E-state index is -5.21. The number of alkyl halides is 3. The van der Waals surface area contributed by atoms with Gasteiger partial charge in [-0.25, -0.2) is 0 Å². The fraction of sp³-hybridized carbons (Fsp3) is 0.500. The molecule has 0 saturated heterocycles. The lowest BCUT2D eigenvalue weighted by Crippen LogP contribution is -2.29. The highest BCUT2D eigenvalue weighted by Gasteiger charge is 2.41. The smallest absolute Gasteiger partial charge is 0.443 e. The predicted octanol–water partition coefficient (Wildman–Crippen LogP) is 1.15. The predicted molar refractivity (Wildman–Crippen MR) is 24.8 cm³/mol. The largest absolute Gasteiger partial charge is 0.711 e. The Labute approximate surface area is 68.2 Å². The van der Waals surface area contributed by atoms with Crippen LogP contribution in [0.25, 0.3) is 0 Å². The number of aliphatic hydroxyl groups excluding tert-OH is 1. The molecule has 0 rings (SSSR count). The second kappa shape index (κ2) is 7.53. The molecule has 11 heteroatoms. The topological polar surface area (TPSA) is 71.7 Å². The Balaban J connectivity index is 0. The normalized spacial score (nSPS) is 9.54. The van der Waals surface area contributed by atoms with Crippen LogP contribution in [0.4, 0.5) is 22.2 Å². The highest BCUT2D eigenvalue weighted by atomic mass is 19.4. The van der Waals surface area contributed by atoms with Gasteiger partial charge in [-0.3, -0.25) is 4.65 Å². The maximum Gasteiger partial charge on any atom is 0.711 e. The highest BCUT2D eigenvalue weighted by Crippen LogP contribution is 2.18. The molecule has 76 valence electrons. The highest BCUT2D eigenvalue weighted by molar-refractivity contribution is 6.35. The Morgan fingerprint density at radius 3 is 1.62 bits per heavy atom. The molecule has 5 nitrogen and oxygen atoms in total. The van der Waals surface area contributed by atoms with Crippen LogP contribution in [-0.4, -0.2) is 18.8 Å². The van der Waals surface area contributed by atoms with Gasteiger partial charge in [0.15, 0.2) is 0 Å². The first-order valence-electron chi connectivity index (χ1n) is 2.23. The van der Waals surface area contributed by atoms with Gasteiger partial charge in [-0.1, -0.05) is 9.05 Å². The molecule has 0 aliphatic rings. The van der Waals surface area contributed by atoms with Gasteiger partial charge in [-0.05, 0) is 0 Å². The Morgan fingerprint density at radius 2 is 1.54 bits per heavy atom. The number of hydrogen-bond acceptors (Lipinski definition) is 5. The van der Waals surface area contributed by atoms with E-state index < -0.39 is 13.7 Å². The Bertz CT molecular complexity index is 154. The monoisotopic (exact) mass is 209 g/mol. The molecule has 0 fully saturated rings. The third kappa shape index (κ3) is 13.8. The summed E-state index contributed by atoms with van der Waals surface area (Å²) in [4.78, 5) is 4.47. The van der Waals surface area contributed by atoms with Crippen molar-refractivity contribution in [3.05, 3.63) is 0 Å². The van der Waals surface area contributed by atoms with Gasteiger partial charge in [0, 0.05) is 0 Å². The van der Waals surface area contributed by atoms with Crippen LogP contribution in [0.1, 0.15) is 0 Å². The van der Waals surface area contributed by atoms with E-state index in [1.165, 1.54) is 0 Å². The third-order valence-electron chi connectivity index (χ3n) is 0.375. The summed E-state index contributed by atoms with van der Waals surface area (Å²) in [7, 11) is -3.01. The minimum Gasteiger partial charge on any atom is -0.443 e. The minimum absolute atomic E-state index is 0.750. The van der Waals surface area contributed by atoms with Crippen molar-refractivity contribution < 1.29 is 41.7 Å². The van der Waals surface area contributed by atoms with Crippen LogP contribution in [0, 0.1) is 11.5 Å². The average molecular weight is 209 g/mol. The second-order valence-corrected chi connectivity index (χ2v) is 1.13. The third-order valence-corrected chi connectivity index (χ3v) is 0.375. The van der Waals surface area contributed by atoms with E-state index in [9.17, 15) is 22.2 Å².